The molecule has 0 fully saturated rings. The normalized spacial score (nSPS) is 11.7. The van der Waals surface area contributed by atoms with Gasteiger partial charge in [0.05, 0.1) is 14.2 Å². The summed E-state index contributed by atoms with van der Waals surface area (Å²) in [6.07, 6.45) is -0.574. The molecule has 0 bridgehead atoms. The molecule has 0 saturated heterocycles. The van der Waals surface area contributed by atoms with Crippen molar-refractivity contribution in [3.8, 4) is 17.2 Å². The van der Waals surface area contributed by atoms with Crippen LogP contribution in [0.2, 0.25) is 0 Å². The van der Waals surface area contributed by atoms with E-state index in [4.69, 9.17) is 14.2 Å². The first-order chi connectivity index (χ1) is 12.8. The van der Waals surface area contributed by atoms with E-state index in [0.717, 1.165) is 28.0 Å². The summed E-state index contributed by atoms with van der Waals surface area (Å²) in [5, 5.41) is 0. The lowest BCUT2D eigenvalue weighted by atomic mass is 10.1. The third-order valence-corrected chi connectivity index (χ3v) is 4.66. The second kappa shape index (κ2) is 8.80. The van der Waals surface area contributed by atoms with Crippen LogP contribution in [0.4, 0.5) is 0 Å². The first-order valence-corrected chi connectivity index (χ1v) is 8.97. The van der Waals surface area contributed by atoms with Crippen molar-refractivity contribution in [3.63, 3.8) is 0 Å². The van der Waals surface area contributed by atoms with Gasteiger partial charge in [-0.05, 0) is 68.1 Å². The lowest BCUT2D eigenvalue weighted by Gasteiger charge is -2.23. The Labute approximate surface area is 161 Å². The van der Waals surface area contributed by atoms with Crippen LogP contribution in [-0.4, -0.2) is 38.2 Å². The highest BCUT2D eigenvalue weighted by molar-refractivity contribution is 5.80. The van der Waals surface area contributed by atoms with Crippen LogP contribution >= 0.6 is 0 Å². The quantitative estimate of drug-likeness (QED) is 0.737. The molecule has 0 radical (unpaired) electrons. The number of likely N-dealkylation sites (N-methyl/N-ethyl adjacent to an activating group) is 1. The zero-order valence-electron chi connectivity index (χ0n) is 17.3. The Balaban J connectivity index is 2.08. The predicted molar refractivity (Wildman–Crippen MR) is 107 cm³/mol. The molecule has 27 heavy (non-hydrogen) atoms. The molecule has 0 unspecified atom stereocenters. The van der Waals surface area contributed by atoms with Crippen molar-refractivity contribution in [1.82, 2.24) is 4.90 Å². The number of aryl methyl sites for hydroxylation is 2. The van der Waals surface area contributed by atoms with Gasteiger partial charge in [0.2, 0.25) is 0 Å². The third kappa shape index (κ3) is 4.94. The molecule has 1 atom stereocenters. The van der Waals surface area contributed by atoms with E-state index >= 15 is 0 Å². The molecule has 2 rings (SSSR count). The summed E-state index contributed by atoms with van der Waals surface area (Å²) < 4.78 is 16.6. The van der Waals surface area contributed by atoms with Gasteiger partial charge in [0.1, 0.15) is 5.75 Å². The van der Waals surface area contributed by atoms with Crippen LogP contribution in [0.3, 0.4) is 0 Å². The molecule has 5 heteroatoms. The summed E-state index contributed by atoms with van der Waals surface area (Å²) in [4.78, 5) is 14.4. The van der Waals surface area contributed by atoms with E-state index in [9.17, 15) is 4.79 Å². The van der Waals surface area contributed by atoms with Crippen molar-refractivity contribution in [2.24, 2.45) is 0 Å². The Kier molecular flexibility index (Phi) is 6.72. The van der Waals surface area contributed by atoms with Crippen LogP contribution in [0.15, 0.2) is 30.3 Å². The average Bonchev–Trinajstić information content (AvgIpc) is 2.64. The number of nitrogens with zero attached hydrogens (tertiary/aromatic N) is 1. The second-order valence-corrected chi connectivity index (χ2v) is 6.85. The minimum absolute atomic E-state index is 0.0802. The molecule has 0 aliphatic heterocycles. The molecule has 0 spiro atoms. The zero-order chi connectivity index (χ0) is 20.1. The standard InChI is InChI=1S/C22H29NO4/c1-14-10-15(2)16(3)20(11-14)27-17(4)22(24)23(5)13-18-8-9-19(25-6)21(12-18)26-7/h8-12,17H,13H2,1-7H3/t17-/m0/s1. The molecule has 0 aromatic heterocycles. The number of rotatable bonds is 7. The lowest BCUT2D eigenvalue weighted by molar-refractivity contribution is -0.137. The maximum atomic E-state index is 12.8. The van der Waals surface area contributed by atoms with Gasteiger partial charge in [-0.3, -0.25) is 4.79 Å². The van der Waals surface area contributed by atoms with E-state index in [1.165, 1.54) is 0 Å². The average molecular weight is 371 g/mol. The summed E-state index contributed by atoms with van der Waals surface area (Å²) >= 11 is 0. The highest BCUT2D eigenvalue weighted by Gasteiger charge is 2.21. The minimum atomic E-state index is -0.574. The van der Waals surface area contributed by atoms with Gasteiger partial charge in [0, 0.05) is 13.6 Å². The molecule has 146 valence electrons. The van der Waals surface area contributed by atoms with Crippen molar-refractivity contribution in [2.75, 3.05) is 21.3 Å². The Morgan fingerprint density at radius 2 is 1.67 bits per heavy atom. The van der Waals surface area contributed by atoms with E-state index < -0.39 is 6.10 Å². The lowest BCUT2D eigenvalue weighted by Crippen LogP contribution is -2.37. The number of ether oxygens (including phenoxy) is 3. The number of hydrogen-bond acceptors (Lipinski definition) is 4. The van der Waals surface area contributed by atoms with E-state index in [1.54, 1.807) is 33.1 Å². The molecule has 2 aromatic carbocycles. The number of hydrogen-bond donors (Lipinski definition) is 0. The monoisotopic (exact) mass is 371 g/mol. The van der Waals surface area contributed by atoms with Crippen LogP contribution in [0.25, 0.3) is 0 Å². The maximum absolute atomic E-state index is 12.8. The van der Waals surface area contributed by atoms with Crippen LogP contribution in [-0.2, 0) is 11.3 Å². The highest BCUT2D eigenvalue weighted by atomic mass is 16.5. The summed E-state index contributed by atoms with van der Waals surface area (Å²) in [6, 6.07) is 9.72. The van der Waals surface area contributed by atoms with Gasteiger partial charge in [-0.15, -0.1) is 0 Å². The summed E-state index contributed by atoms with van der Waals surface area (Å²) in [6.45, 7) is 8.32. The van der Waals surface area contributed by atoms with Crippen molar-refractivity contribution >= 4 is 5.91 Å². The Bertz CT molecular complexity index is 816. The van der Waals surface area contributed by atoms with Crippen molar-refractivity contribution in [2.45, 2.75) is 40.3 Å². The first-order valence-electron chi connectivity index (χ1n) is 8.97. The molecule has 5 nitrogen and oxygen atoms in total. The van der Waals surface area contributed by atoms with Crippen LogP contribution in [0, 0.1) is 20.8 Å². The van der Waals surface area contributed by atoms with Gasteiger partial charge in [-0.1, -0.05) is 12.1 Å². The second-order valence-electron chi connectivity index (χ2n) is 6.85. The molecule has 0 aliphatic carbocycles. The van der Waals surface area contributed by atoms with Crippen LogP contribution in [0.1, 0.15) is 29.2 Å². The minimum Gasteiger partial charge on any atom is -0.493 e. The SMILES string of the molecule is COc1ccc(CN(C)C(=O)[C@H](C)Oc2cc(C)cc(C)c2C)cc1OC. The smallest absolute Gasteiger partial charge is 0.263 e. The fourth-order valence-electron chi connectivity index (χ4n) is 3.01. The largest absolute Gasteiger partial charge is 0.493 e. The number of methoxy groups -OCH3 is 2. The number of amides is 1. The van der Waals surface area contributed by atoms with Gasteiger partial charge >= 0.3 is 0 Å². The summed E-state index contributed by atoms with van der Waals surface area (Å²) in [5.74, 6) is 1.99. The molecule has 1 amide bonds. The molecule has 0 N–H and O–H groups in total. The summed E-state index contributed by atoms with van der Waals surface area (Å²) in [5.41, 5.74) is 4.29. The fourth-order valence-corrected chi connectivity index (χ4v) is 3.01. The Morgan fingerprint density at radius 1 is 1.00 bits per heavy atom. The maximum Gasteiger partial charge on any atom is 0.263 e. The number of carbonyl (C=O) groups excluding carboxylic acids is 1. The van der Waals surface area contributed by atoms with Crippen molar-refractivity contribution in [1.29, 1.82) is 0 Å². The van der Waals surface area contributed by atoms with Gasteiger partial charge in [-0.2, -0.15) is 0 Å². The Hall–Kier alpha value is -2.69. The molecule has 2 aromatic rings. The van der Waals surface area contributed by atoms with Crippen LogP contribution in [0.5, 0.6) is 17.2 Å². The first kappa shape index (κ1) is 20.6. The molecule has 0 aliphatic rings. The van der Waals surface area contributed by atoms with Gasteiger partial charge < -0.3 is 19.1 Å². The van der Waals surface area contributed by atoms with E-state index in [1.807, 2.05) is 45.0 Å². The Morgan fingerprint density at radius 3 is 2.30 bits per heavy atom. The van der Waals surface area contributed by atoms with Gasteiger partial charge in [0.25, 0.3) is 5.91 Å². The highest BCUT2D eigenvalue weighted by Crippen LogP contribution is 2.28. The van der Waals surface area contributed by atoms with E-state index in [-0.39, 0.29) is 5.91 Å². The topological polar surface area (TPSA) is 48.0 Å². The molecule has 0 saturated carbocycles. The molecule has 0 heterocycles. The van der Waals surface area contributed by atoms with E-state index in [0.29, 0.717) is 18.0 Å². The van der Waals surface area contributed by atoms with E-state index in [2.05, 4.69) is 6.07 Å². The van der Waals surface area contributed by atoms with Crippen LogP contribution < -0.4 is 14.2 Å². The van der Waals surface area contributed by atoms with Crippen molar-refractivity contribution in [3.05, 3.63) is 52.6 Å². The molecular formula is C22H29NO4. The van der Waals surface area contributed by atoms with Gasteiger partial charge in [-0.25, -0.2) is 0 Å². The van der Waals surface area contributed by atoms with Gasteiger partial charge in [0.15, 0.2) is 17.6 Å². The predicted octanol–water partition coefficient (Wildman–Crippen LogP) is 4.05. The fraction of sp³-hybridized carbons (Fsp3) is 0.409. The number of carbonyl (C=O) groups is 1. The summed E-state index contributed by atoms with van der Waals surface area (Å²) in [7, 11) is 4.97. The molecular weight excluding hydrogens is 342 g/mol. The third-order valence-electron chi connectivity index (χ3n) is 4.66. The zero-order valence-corrected chi connectivity index (χ0v) is 17.3. The number of benzene rings is 2. The van der Waals surface area contributed by atoms with Crippen molar-refractivity contribution < 1.29 is 19.0 Å².